The molecule has 112 valence electrons. The molecule has 1 aromatic rings. The third-order valence-electron chi connectivity index (χ3n) is 3.97. The number of rotatable bonds is 9. The average molecular weight is 277 g/mol. The van der Waals surface area contributed by atoms with Crippen molar-refractivity contribution >= 4 is 0 Å². The van der Waals surface area contributed by atoms with E-state index < -0.39 is 0 Å². The van der Waals surface area contributed by atoms with Gasteiger partial charge in [-0.1, -0.05) is 38.0 Å². The standard InChI is InChI=1S/C17H27NO2/c1-2-18-17(15-8-6-7-9-15)14-19-12-13-20-16-10-4-3-5-11-16/h3-5,10-11,15,17-18H,2,6-9,12-14H2,1H3. The van der Waals surface area contributed by atoms with Crippen LogP contribution in [0.4, 0.5) is 0 Å². The Bertz CT molecular complexity index is 349. The molecule has 3 nitrogen and oxygen atoms in total. The number of benzene rings is 1. The van der Waals surface area contributed by atoms with Gasteiger partial charge in [0.2, 0.25) is 0 Å². The van der Waals surface area contributed by atoms with Crippen molar-refractivity contribution in [3.63, 3.8) is 0 Å². The SMILES string of the molecule is CCNC(COCCOc1ccccc1)C1CCCC1. The fourth-order valence-corrected chi connectivity index (χ4v) is 2.93. The van der Waals surface area contributed by atoms with E-state index >= 15 is 0 Å². The second kappa shape index (κ2) is 8.98. The van der Waals surface area contributed by atoms with Crippen LogP contribution >= 0.6 is 0 Å². The highest BCUT2D eigenvalue weighted by Gasteiger charge is 2.24. The van der Waals surface area contributed by atoms with E-state index in [2.05, 4.69) is 12.2 Å². The van der Waals surface area contributed by atoms with Crippen LogP contribution in [-0.2, 0) is 4.74 Å². The maximum Gasteiger partial charge on any atom is 0.119 e. The van der Waals surface area contributed by atoms with Crippen LogP contribution in [0.25, 0.3) is 0 Å². The molecule has 0 heterocycles. The summed E-state index contributed by atoms with van der Waals surface area (Å²) in [6.45, 7) is 5.26. The van der Waals surface area contributed by atoms with Gasteiger partial charge < -0.3 is 14.8 Å². The van der Waals surface area contributed by atoms with Crippen LogP contribution in [0, 0.1) is 5.92 Å². The quantitative estimate of drug-likeness (QED) is 0.703. The number of ether oxygens (including phenoxy) is 2. The molecule has 0 amide bonds. The summed E-state index contributed by atoms with van der Waals surface area (Å²) in [4.78, 5) is 0. The Morgan fingerprint density at radius 2 is 1.90 bits per heavy atom. The van der Waals surface area contributed by atoms with Gasteiger partial charge in [0.15, 0.2) is 0 Å². The topological polar surface area (TPSA) is 30.5 Å². The summed E-state index contributed by atoms with van der Waals surface area (Å²) < 4.78 is 11.4. The van der Waals surface area contributed by atoms with Crippen LogP contribution in [-0.4, -0.2) is 32.4 Å². The number of nitrogens with one attached hydrogen (secondary N) is 1. The summed E-state index contributed by atoms with van der Waals surface area (Å²) in [6.07, 6.45) is 5.45. The van der Waals surface area contributed by atoms with E-state index in [1.165, 1.54) is 25.7 Å². The second-order valence-corrected chi connectivity index (χ2v) is 5.45. The third-order valence-corrected chi connectivity index (χ3v) is 3.97. The van der Waals surface area contributed by atoms with Crippen LogP contribution in [0.5, 0.6) is 5.75 Å². The summed E-state index contributed by atoms with van der Waals surface area (Å²) in [5.41, 5.74) is 0. The Morgan fingerprint density at radius 3 is 2.60 bits per heavy atom. The number of para-hydroxylation sites is 1. The summed E-state index contributed by atoms with van der Waals surface area (Å²) in [5, 5.41) is 3.57. The van der Waals surface area contributed by atoms with Gasteiger partial charge in [-0.15, -0.1) is 0 Å². The van der Waals surface area contributed by atoms with Crippen molar-refractivity contribution in [1.82, 2.24) is 5.32 Å². The molecule has 0 aliphatic heterocycles. The van der Waals surface area contributed by atoms with Gasteiger partial charge in [-0.25, -0.2) is 0 Å². The van der Waals surface area contributed by atoms with Crippen molar-refractivity contribution in [2.24, 2.45) is 5.92 Å². The first-order chi connectivity index (χ1) is 9.90. The molecular weight excluding hydrogens is 250 g/mol. The minimum atomic E-state index is 0.513. The zero-order valence-corrected chi connectivity index (χ0v) is 12.5. The number of hydrogen-bond acceptors (Lipinski definition) is 3. The Kier molecular flexibility index (Phi) is 6.89. The molecule has 20 heavy (non-hydrogen) atoms. The zero-order chi connectivity index (χ0) is 14.0. The lowest BCUT2D eigenvalue weighted by molar-refractivity contribution is 0.0709. The third kappa shape index (κ3) is 5.14. The molecule has 1 N–H and O–H groups in total. The van der Waals surface area contributed by atoms with E-state index in [0.29, 0.717) is 19.3 Å². The van der Waals surface area contributed by atoms with E-state index in [0.717, 1.165) is 24.8 Å². The molecule has 1 aliphatic carbocycles. The van der Waals surface area contributed by atoms with Gasteiger partial charge >= 0.3 is 0 Å². The molecule has 0 aromatic heterocycles. The maximum atomic E-state index is 5.79. The lowest BCUT2D eigenvalue weighted by Crippen LogP contribution is -2.39. The maximum absolute atomic E-state index is 5.79. The highest BCUT2D eigenvalue weighted by atomic mass is 16.5. The highest BCUT2D eigenvalue weighted by molar-refractivity contribution is 5.20. The zero-order valence-electron chi connectivity index (χ0n) is 12.5. The average Bonchev–Trinajstić information content (AvgIpc) is 3.01. The van der Waals surface area contributed by atoms with Gasteiger partial charge in [-0.2, -0.15) is 0 Å². The van der Waals surface area contributed by atoms with E-state index in [1.54, 1.807) is 0 Å². The van der Waals surface area contributed by atoms with Gasteiger partial charge in [0.25, 0.3) is 0 Å². The molecule has 0 radical (unpaired) electrons. The van der Waals surface area contributed by atoms with E-state index in [9.17, 15) is 0 Å². The van der Waals surface area contributed by atoms with Crippen molar-refractivity contribution in [1.29, 1.82) is 0 Å². The lowest BCUT2D eigenvalue weighted by atomic mass is 9.99. The molecule has 2 rings (SSSR count). The Morgan fingerprint density at radius 1 is 1.15 bits per heavy atom. The molecule has 1 aliphatic rings. The molecular formula is C17H27NO2. The summed E-state index contributed by atoms with van der Waals surface area (Å²) in [6, 6.07) is 10.4. The van der Waals surface area contributed by atoms with Crippen LogP contribution in [0.1, 0.15) is 32.6 Å². The first-order valence-corrected chi connectivity index (χ1v) is 7.89. The molecule has 1 atom stereocenters. The van der Waals surface area contributed by atoms with Crippen molar-refractivity contribution in [2.75, 3.05) is 26.4 Å². The fraction of sp³-hybridized carbons (Fsp3) is 0.647. The lowest BCUT2D eigenvalue weighted by Gasteiger charge is -2.24. The Hall–Kier alpha value is -1.06. The minimum Gasteiger partial charge on any atom is -0.491 e. The highest BCUT2D eigenvalue weighted by Crippen LogP contribution is 2.27. The van der Waals surface area contributed by atoms with Gasteiger partial charge in [-0.05, 0) is 37.4 Å². The van der Waals surface area contributed by atoms with Crippen molar-refractivity contribution in [3.8, 4) is 5.75 Å². The van der Waals surface area contributed by atoms with Crippen LogP contribution in [0.15, 0.2) is 30.3 Å². The molecule has 0 spiro atoms. The molecule has 1 unspecified atom stereocenters. The normalized spacial score (nSPS) is 17.2. The monoisotopic (exact) mass is 277 g/mol. The predicted octanol–water partition coefficient (Wildman–Crippen LogP) is 3.25. The van der Waals surface area contributed by atoms with E-state index in [1.807, 2.05) is 30.3 Å². The van der Waals surface area contributed by atoms with Crippen LogP contribution < -0.4 is 10.1 Å². The first kappa shape index (κ1) is 15.3. The predicted molar refractivity (Wildman–Crippen MR) is 82.2 cm³/mol. The molecule has 1 fully saturated rings. The first-order valence-electron chi connectivity index (χ1n) is 7.89. The van der Waals surface area contributed by atoms with Gasteiger partial charge in [0, 0.05) is 6.04 Å². The van der Waals surface area contributed by atoms with Gasteiger partial charge in [0.05, 0.1) is 13.2 Å². The molecule has 1 saturated carbocycles. The van der Waals surface area contributed by atoms with Gasteiger partial charge in [-0.3, -0.25) is 0 Å². The molecule has 3 heteroatoms. The number of likely N-dealkylation sites (N-methyl/N-ethyl adjacent to an activating group) is 1. The minimum absolute atomic E-state index is 0.513. The van der Waals surface area contributed by atoms with E-state index in [-0.39, 0.29) is 0 Å². The number of hydrogen-bond donors (Lipinski definition) is 1. The fourth-order valence-electron chi connectivity index (χ4n) is 2.93. The van der Waals surface area contributed by atoms with Crippen LogP contribution in [0.2, 0.25) is 0 Å². The molecule has 0 saturated heterocycles. The van der Waals surface area contributed by atoms with Crippen LogP contribution in [0.3, 0.4) is 0 Å². The molecule has 0 bridgehead atoms. The van der Waals surface area contributed by atoms with Crippen molar-refractivity contribution < 1.29 is 9.47 Å². The van der Waals surface area contributed by atoms with Crippen molar-refractivity contribution in [3.05, 3.63) is 30.3 Å². The van der Waals surface area contributed by atoms with Gasteiger partial charge in [0.1, 0.15) is 12.4 Å². The largest absolute Gasteiger partial charge is 0.491 e. The van der Waals surface area contributed by atoms with E-state index in [4.69, 9.17) is 9.47 Å². The summed E-state index contributed by atoms with van der Waals surface area (Å²) in [5.74, 6) is 1.71. The summed E-state index contributed by atoms with van der Waals surface area (Å²) in [7, 11) is 0. The Labute approximate surface area is 122 Å². The summed E-state index contributed by atoms with van der Waals surface area (Å²) >= 11 is 0. The molecule has 1 aromatic carbocycles. The Balaban J connectivity index is 1.60. The smallest absolute Gasteiger partial charge is 0.119 e. The second-order valence-electron chi connectivity index (χ2n) is 5.45. The van der Waals surface area contributed by atoms with Crippen molar-refractivity contribution in [2.45, 2.75) is 38.6 Å².